The average molecular weight is 324 g/mol. The molecule has 0 radical (unpaired) electrons. The van der Waals surface area contributed by atoms with E-state index >= 15 is 0 Å². The summed E-state index contributed by atoms with van der Waals surface area (Å²) in [4.78, 5) is 12.2. The zero-order valence-corrected chi connectivity index (χ0v) is 12.3. The van der Waals surface area contributed by atoms with Gasteiger partial charge in [0.15, 0.2) is 17.2 Å². The molecule has 22 heavy (non-hydrogen) atoms. The summed E-state index contributed by atoms with van der Waals surface area (Å²) in [7, 11) is 0. The zero-order valence-electron chi connectivity index (χ0n) is 11.5. The van der Waals surface area contributed by atoms with Crippen molar-refractivity contribution in [3.8, 4) is 11.5 Å². The minimum Gasteiger partial charge on any atom is -0.454 e. The van der Waals surface area contributed by atoms with Crippen LogP contribution < -0.4 is 20.5 Å². The number of fused-ring (bicyclic) bond motifs is 1. The van der Waals surface area contributed by atoms with E-state index < -0.39 is 0 Å². The van der Waals surface area contributed by atoms with Crippen LogP contribution in [0.3, 0.4) is 0 Å². The number of ether oxygens (including phenoxy) is 2. The Balaban J connectivity index is 0.00000144. The maximum absolute atomic E-state index is 12.2. The number of halogens is 1. The van der Waals surface area contributed by atoms with Crippen molar-refractivity contribution in [1.82, 2.24) is 5.16 Å². The van der Waals surface area contributed by atoms with E-state index in [0.29, 0.717) is 28.8 Å². The number of amides is 1. The molecular formula is C14H14ClN3O4. The van der Waals surface area contributed by atoms with Gasteiger partial charge in [-0.05, 0) is 12.8 Å². The molecule has 1 aliphatic carbocycles. The first-order valence-electron chi connectivity index (χ1n) is 6.68. The molecule has 2 aliphatic rings. The molecule has 0 unspecified atom stereocenters. The van der Waals surface area contributed by atoms with Crippen LogP contribution in [0, 0.1) is 0 Å². The van der Waals surface area contributed by atoms with Gasteiger partial charge in [-0.1, -0.05) is 5.16 Å². The number of anilines is 2. The molecule has 0 atom stereocenters. The van der Waals surface area contributed by atoms with E-state index in [4.69, 9.17) is 19.7 Å². The van der Waals surface area contributed by atoms with Crippen molar-refractivity contribution in [1.29, 1.82) is 0 Å². The van der Waals surface area contributed by atoms with Crippen molar-refractivity contribution in [2.45, 2.75) is 18.8 Å². The molecule has 2 aromatic rings. The van der Waals surface area contributed by atoms with E-state index in [0.717, 1.165) is 18.6 Å². The minimum atomic E-state index is -0.365. The monoisotopic (exact) mass is 323 g/mol. The number of aromatic nitrogens is 1. The molecule has 3 N–H and O–H groups in total. The summed E-state index contributed by atoms with van der Waals surface area (Å²) in [6, 6.07) is 4.93. The molecule has 1 aromatic heterocycles. The molecule has 0 saturated heterocycles. The molecule has 0 spiro atoms. The predicted molar refractivity (Wildman–Crippen MR) is 80.7 cm³/mol. The predicted octanol–water partition coefficient (Wildman–Crippen LogP) is 2.54. The number of benzene rings is 1. The maximum atomic E-state index is 12.2. The third-order valence-corrected chi connectivity index (χ3v) is 3.53. The van der Waals surface area contributed by atoms with E-state index in [-0.39, 0.29) is 30.8 Å². The van der Waals surface area contributed by atoms with Crippen LogP contribution in [0.4, 0.5) is 11.4 Å². The van der Waals surface area contributed by atoms with Crippen LogP contribution >= 0.6 is 12.4 Å². The third kappa shape index (κ3) is 2.55. The Kier molecular flexibility index (Phi) is 3.58. The first-order valence-corrected chi connectivity index (χ1v) is 6.68. The molecule has 0 bridgehead atoms. The molecule has 7 nitrogen and oxygen atoms in total. The second-order valence-corrected chi connectivity index (χ2v) is 5.14. The minimum absolute atomic E-state index is 0. The number of nitrogens with zero attached hydrogens (tertiary/aromatic N) is 1. The van der Waals surface area contributed by atoms with Gasteiger partial charge in [0.25, 0.3) is 5.91 Å². The van der Waals surface area contributed by atoms with Crippen LogP contribution in [0.2, 0.25) is 0 Å². The largest absolute Gasteiger partial charge is 0.454 e. The van der Waals surface area contributed by atoms with Crippen LogP contribution in [0.1, 0.15) is 35.0 Å². The van der Waals surface area contributed by atoms with Gasteiger partial charge >= 0.3 is 0 Å². The highest BCUT2D eigenvalue weighted by molar-refractivity contribution is 6.04. The highest BCUT2D eigenvalue weighted by atomic mass is 35.5. The van der Waals surface area contributed by atoms with Crippen LogP contribution in [0.25, 0.3) is 0 Å². The van der Waals surface area contributed by atoms with Gasteiger partial charge in [-0.3, -0.25) is 4.79 Å². The lowest BCUT2D eigenvalue weighted by Gasteiger charge is -2.07. The Morgan fingerprint density at radius 3 is 2.68 bits per heavy atom. The van der Waals surface area contributed by atoms with Crippen LogP contribution in [-0.4, -0.2) is 17.9 Å². The molecule has 4 rings (SSSR count). The van der Waals surface area contributed by atoms with E-state index in [1.54, 1.807) is 18.2 Å². The molecule has 1 aromatic carbocycles. The number of hydrogen-bond acceptors (Lipinski definition) is 6. The number of rotatable bonds is 3. The fourth-order valence-corrected chi connectivity index (χ4v) is 2.21. The van der Waals surface area contributed by atoms with E-state index in [1.165, 1.54) is 0 Å². The van der Waals surface area contributed by atoms with Gasteiger partial charge in [0.2, 0.25) is 6.79 Å². The van der Waals surface area contributed by atoms with Crippen LogP contribution in [0.15, 0.2) is 22.7 Å². The van der Waals surface area contributed by atoms with Crippen molar-refractivity contribution in [3.05, 3.63) is 29.7 Å². The Morgan fingerprint density at radius 2 is 1.95 bits per heavy atom. The average Bonchev–Trinajstić information content (AvgIpc) is 3.02. The van der Waals surface area contributed by atoms with Gasteiger partial charge in [0.05, 0.1) is 11.4 Å². The quantitative estimate of drug-likeness (QED) is 0.842. The SMILES string of the molecule is Cl.Nc1cc2c(cc1NC(=O)c1cc(C3CC3)on1)OCO2. The summed E-state index contributed by atoms with van der Waals surface area (Å²) >= 11 is 0. The van der Waals surface area contributed by atoms with Crippen molar-refractivity contribution in [2.75, 3.05) is 17.8 Å². The Hall–Kier alpha value is -2.41. The van der Waals surface area contributed by atoms with E-state index in [9.17, 15) is 4.79 Å². The zero-order chi connectivity index (χ0) is 14.4. The first kappa shape index (κ1) is 14.5. The molecule has 2 heterocycles. The lowest BCUT2D eigenvalue weighted by molar-refractivity contribution is 0.101. The fraction of sp³-hybridized carbons (Fsp3) is 0.286. The molecule has 8 heteroatoms. The van der Waals surface area contributed by atoms with Gasteiger partial charge in [0, 0.05) is 24.1 Å². The highest BCUT2D eigenvalue weighted by Crippen LogP contribution is 2.40. The van der Waals surface area contributed by atoms with Gasteiger partial charge in [0.1, 0.15) is 5.76 Å². The molecule has 1 aliphatic heterocycles. The molecule has 1 amide bonds. The lowest BCUT2D eigenvalue weighted by Crippen LogP contribution is -2.13. The van der Waals surface area contributed by atoms with Crippen molar-refractivity contribution in [3.63, 3.8) is 0 Å². The fourth-order valence-electron chi connectivity index (χ4n) is 2.21. The standard InChI is InChI=1S/C14H13N3O4.ClH/c15-8-3-12-13(20-6-19-12)4-9(8)16-14(18)10-5-11(21-17-10)7-1-2-7;/h3-5,7H,1-2,6,15H2,(H,16,18);1H. The lowest BCUT2D eigenvalue weighted by atomic mass is 10.2. The molecule has 116 valence electrons. The highest BCUT2D eigenvalue weighted by Gasteiger charge is 2.29. The van der Waals surface area contributed by atoms with Crippen LogP contribution in [-0.2, 0) is 0 Å². The Bertz CT molecular complexity index is 727. The smallest absolute Gasteiger partial charge is 0.277 e. The van der Waals surface area contributed by atoms with Gasteiger partial charge in [-0.15, -0.1) is 12.4 Å². The Morgan fingerprint density at radius 1 is 1.23 bits per heavy atom. The summed E-state index contributed by atoms with van der Waals surface area (Å²) in [5, 5.41) is 6.50. The number of carbonyl (C=O) groups is 1. The topological polar surface area (TPSA) is 99.6 Å². The molecule has 1 fully saturated rings. The van der Waals surface area contributed by atoms with Crippen molar-refractivity contribution < 1.29 is 18.8 Å². The summed E-state index contributed by atoms with van der Waals surface area (Å²) in [5.41, 5.74) is 6.99. The number of nitrogen functional groups attached to an aromatic ring is 1. The summed E-state index contributed by atoms with van der Waals surface area (Å²) in [6.07, 6.45) is 2.18. The number of nitrogens with two attached hydrogens (primary N) is 1. The van der Waals surface area contributed by atoms with E-state index in [1.807, 2.05) is 0 Å². The molecular weight excluding hydrogens is 310 g/mol. The first-order chi connectivity index (χ1) is 10.2. The number of nitrogens with one attached hydrogen (secondary N) is 1. The normalized spacial score (nSPS) is 15.3. The van der Waals surface area contributed by atoms with Crippen molar-refractivity contribution in [2.24, 2.45) is 0 Å². The van der Waals surface area contributed by atoms with Gasteiger partial charge in [-0.25, -0.2) is 0 Å². The summed E-state index contributed by atoms with van der Waals surface area (Å²) in [5.74, 6) is 1.94. The van der Waals surface area contributed by atoms with Gasteiger partial charge in [-0.2, -0.15) is 0 Å². The molecule has 1 saturated carbocycles. The summed E-state index contributed by atoms with van der Waals surface area (Å²) < 4.78 is 15.6. The Labute approximate surface area is 132 Å². The van der Waals surface area contributed by atoms with Gasteiger partial charge < -0.3 is 25.0 Å². The van der Waals surface area contributed by atoms with Crippen LogP contribution in [0.5, 0.6) is 11.5 Å². The second kappa shape index (κ2) is 5.42. The third-order valence-electron chi connectivity index (χ3n) is 3.53. The summed E-state index contributed by atoms with van der Waals surface area (Å²) in [6.45, 7) is 0.153. The second-order valence-electron chi connectivity index (χ2n) is 5.14. The van der Waals surface area contributed by atoms with E-state index in [2.05, 4.69) is 10.5 Å². The van der Waals surface area contributed by atoms with Crippen molar-refractivity contribution >= 4 is 29.7 Å². The number of hydrogen-bond donors (Lipinski definition) is 2. The number of carbonyl (C=O) groups excluding carboxylic acids is 1. The maximum Gasteiger partial charge on any atom is 0.277 e.